The van der Waals surface area contributed by atoms with E-state index in [0.717, 1.165) is 6.54 Å². The number of hydrogen-bond donors (Lipinski definition) is 3. The molecule has 10 heavy (non-hydrogen) atoms. The molecule has 0 saturated heterocycles. The van der Waals surface area contributed by atoms with Crippen LogP contribution in [0.5, 0.6) is 0 Å². The molecular weight excluding hydrogens is 166 g/mol. The SMILES string of the molecule is CN(C)C[C@@H](S)[C@@H](O)CS. The Balaban J connectivity index is 3.50. The van der Waals surface area contributed by atoms with Crippen LogP contribution in [-0.4, -0.2) is 47.8 Å². The molecule has 0 aliphatic carbocycles. The molecule has 62 valence electrons. The molecule has 0 amide bonds. The molecule has 0 unspecified atom stereocenters. The Morgan fingerprint density at radius 2 is 2.00 bits per heavy atom. The van der Waals surface area contributed by atoms with Crippen LogP contribution >= 0.6 is 25.3 Å². The van der Waals surface area contributed by atoms with Gasteiger partial charge in [0.2, 0.25) is 0 Å². The Hall–Kier alpha value is 0.620. The zero-order valence-electron chi connectivity index (χ0n) is 6.36. The zero-order valence-corrected chi connectivity index (χ0v) is 8.15. The van der Waals surface area contributed by atoms with Crippen LogP contribution in [0, 0.1) is 0 Å². The fourth-order valence-electron chi connectivity index (χ4n) is 0.617. The van der Waals surface area contributed by atoms with E-state index in [4.69, 9.17) is 0 Å². The van der Waals surface area contributed by atoms with Crippen LogP contribution in [0.2, 0.25) is 0 Å². The molecule has 0 aliphatic rings. The van der Waals surface area contributed by atoms with Gasteiger partial charge in [-0.1, -0.05) is 0 Å². The topological polar surface area (TPSA) is 23.5 Å². The van der Waals surface area contributed by atoms with Crippen LogP contribution < -0.4 is 0 Å². The van der Waals surface area contributed by atoms with E-state index in [1.165, 1.54) is 0 Å². The summed E-state index contributed by atoms with van der Waals surface area (Å²) in [5, 5.41) is 9.20. The van der Waals surface area contributed by atoms with Gasteiger partial charge in [0.15, 0.2) is 0 Å². The second kappa shape index (κ2) is 5.29. The van der Waals surface area contributed by atoms with Gasteiger partial charge in [0.25, 0.3) is 0 Å². The first-order chi connectivity index (χ1) is 4.57. The first-order valence-electron chi connectivity index (χ1n) is 3.19. The Kier molecular flexibility index (Phi) is 5.62. The molecule has 0 saturated carbocycles. The second-order valence-corrected chi connectivity index (χ2v) is 3.61. The minimum absolute atomic E-state index is 0.00694. The Bertz CT molecular complexity index is 89.8. The van der Waals surface area contributed by atoms with Crippen molar-refractivity contribution in [3.63, 3.8) is 0 Å². The van der Waals surface area contributed by atoms with Crippen LogP contribution in [0.3, 0.4) is 0 Å². The molecule has 2 nitrogen and oxygen atoms in total. The van der Waals surface area contributed by atoms with Gasteiger partial charge < -0.3 is 10.0 Å². The minimum Gasteiger partial charge on any atom is -0.391 e. The van der Waals surface area contributed by atoms with Gasteiger partial charge in [-0.05, 0) is 14.1 Å². The fraction of sp³-hybridized carbons (Fsp3) is 1.00. The summed E-state index contributed by atoms with van der Waals surface area (Å²) in [5.41, 5.74) is 0. The fourth-order valence-corrected chi connectivity index (χ4v) is 1.47. The normalized spacial score (nSPS) is 17.4. The summed E-state index contributed by atoms with van der Waals surface area (Å²) < 4.78 is 0. The number of aliphatic hydroxyl groups excluding tert-OH is 1. The molecule has 0 aromatic rings. The molecule has 0 aliphatic heterocycles. The molecule has 0 radical (unpaired) electrons. The predicted molar refractivity (Wildman–Crippen MR) is 51.2 cm³/mol. The Morgan fingerprint density at radius 3 is 2.30 bits per heavy atom. The van der Waals surface area contributed by atoms with Gasteiger partial charge in [0.05, 0.1) is 6.10 Å². The first kappa shape index (κ1) is 10.6. The number of rotatable bonds is 4. The average Bonchev–Trinajstić information content (AvgIpc) is 1.85. The summed E-state index contributed by atoms with van der Waals surface area (Å²) in [6, 6.07) is 0. The Morgan fingerprint density at radius 1 is 1.50 bits per heavy atom. The van der Waals surface area contributed by atoms with Crippen LogP contribution in [-0.2, 0) is 0 Å². The van der Waals surface area contributed by atoms with E-state index >= 15 is 0 Å². The van der Waals surface area contributed by atoms with E-state index in [0.29, 0.717) is 5.75 Å². The van der Waals surface area contributed by atoms with Crippen molar-refractivity contribution < 1.29 is 5.11 Å². The molecule has 0 bridgehead atoms. The lowest BCUT2D eigenvalue weighted by Gasteiger charge is -2.19. The van der Waals surface area contributed by atoms with Crippen molar-refractivity contribution in [1.29, 1.82) is 0 Å². The maximum Gasteiger partial charge on any atom is 0.0756 e. The Labute approximate surface area is 73.4 Å². The molecule has 4 heteroatoms. The third-order valence-electron chi connectivity index (χ3n) is 1.18. The monoisotopic (exact) mass is 181 g/mol. The van der Waals surface area contributed by atoms with Crippen LogP contribution in [0.15, 0.2) is 0 Å². The molecule has 2 atom stereocenters. The molecule has 0 aromatic carbocycles. The summed E-state index contributed by atoms with van der Waals surface area (Å²) in [6.45, 7) is 0.783. The van der Waals surface area contributed by atoms with Crippen LogP contribution in [0.25, 0.3) is 0 Å². The number of hydrogen-bond acceptors (Lipinski definition) is 4. The van der Waals surface area contributed by atoms with E-state index in [-0.39, 0.29) is 5.25 Å². The smallest absolute Gasteiger partial charge is 0.0756 e. The van der Waals surface area contributed by atoms with Gasteiger partial charge in [0, 0.05) is 17.5 Å². The van der Waals surface area contributed by atoms with Gasteiger partial charge in [-0.2, -0.15) is 25.3 Å². The molecule has 0 heterocycles. The van der Waals surface area contributed by atoms with Crippen LogP contribution in [0.1, 0.15) is 0 Å². The van der Waals surface area contributed by atoms with E-state index in [2.05, 4.69) is 25.3 Å². The van der Waals surface area contributed by atoms with Gasteiger partial charge in [-0.15, -0.1) is 0 Å². The lowest BCUT2D eigenvalue weighted by molar-refractivity contribution is 0.182. The van der Waals surface area contributed by atoms with E-state index in [1.54, 1.807) is 0 Å². The highest BCUT2D eigenvalue weighted by Gasteiger charge is 2.13. The highest BCUT2D eigenvalue weighted by atomic mass is 32.1. The highest BCUT2D eigenvalue weighted by molar-refractivity contribution is 7.81. The molecule has 0 rings (SSSR count). The van der Waals surface area contributed by atoms with Crippen molar-refractivity contribution in [3.8, 4) is 0 Å². The lowest BCUT2D eigenvalue weighted by Crippen LogP contribution is -2.32. The lowest BCUT2D eigenvalue weighted by atomic mass is 10.2. The number of aliphatic hydroxyl groups is 1. The van der Waals surface area contributed by atoms with Gasteiger partial charge >= 0.3 is 0 Å². The van der Waals surface area contributed by atoms with Crippen molar-refractivity contribution >= 4 is 25.3 Å². The van der Waals surface area contributed by atoms with E-state index < -0.39 is 6.10 Å². The number of thiol groups is 2. The largest absolute Gasteiger partial charge is 0.391 e. The van der Waals surface area contributed by atoms with Gasteiger partial charge in [-0.3, -0.25) is 0 Å². The summed E-state index contributed by atoms with van der Waals surface area (Å²) in [7, 11) is 3.91. The zero-order chi connectivity index (χ0) is 8.15. The summed E-state index contributed by atoms with van der Waals surface area (Å²) in [6.07, 6.45) is -0.408. The average molecular weight is 181 g/mol. The van der Waals surface area contributed by atoms with Gasteiger partial charge in [0.1, 0.15) is 0 Å². The maximum absolute atomic E-state index is 9.20. The summed E-state index contributed by atoms with van der Waals surface area (Å²) in [5.74, 6) is 0.474. The second-order valence-electron chi connectivity index (χ2n) is 2.58. The molecule has 0 aromatic heterocycles. The quantitative estimate of drug-likeness (QED) is 0.537. The third kappa shape index (κ3) is 4.44. The highest BCUT2D eigenvalue weighted by Crippen LogP contribution is 2.04. The summed E-state index contributed by atoms with van der Waals surface area (Å²) in [4.78, 5) is 1.99. The molecular formula is C6H15NOS2. The van der Waals surface area contributed by atoms with Crippen molar-refractivity contribution in [3.05, 3.63) is 0 Å². The van der Waals surface area contributed by atoms with Crippen molar-refractivity contribution in [2.75, 3.05) is 26.4 Å². The first-order valence-corrected chi connectivity index (χ1v) is 4.34. The van der Waals surface area contributed by atoms with E-state index in [1.807, 2.05) is 19.0 Å². The molecule has 0 fully saturated rings. The molecule has 1 N–H and O–H groups in total. The molecule has 0 spiro atoms. The maximum atomic E-state index is 9.20. The third-order valence-corrected chi connectivity index (χ3v) is 2.06. The summed E-state index contributed by atoms with van der Waals surface area (Å²) >= 11 is 8.16. The van der Waals surface area contributed by atoms with Crippen molar-refractivity contribution in [2.45, 2.75) is 11.4 Å². The van der Waals surface area contributed by atoms with E-state index in [9.17, 15) is 5.11 Å². The standard InChI is InChI=1S/C6H15NOS2/c1-7(2)3-6(10)5(8)4-9/h5-6,8-10H,3-4H2,1-2H3/t5-,6+/m0/s1. The predicted octanol–water partition coefficient (Wildman–Crippen LogP) is 0.137. The van der Waals surface area contributed by atoms with Gasteiger partial charge in [-0.25, -0.2) is 0 Å². The van der Waals surface area contributed by atoms with Crippen LogP contribution in [0.4, 0.5) is 0 Å². The number of nitrogens with zero attached hydrogens (tertiary/aromatic N) is 1. The minimum atomic E-state index is -0.408. The van der Waals surface area contributed by atoms with Crippen molar-refractivity contribution in [2.24, 2.45) is 0 Å². The van der Waals surface area contributed by atoms with Crippen molar-refractivity contribution in [1.82, 2.24) is 4.90 Å².